The predicted molar refractivity (Wildman–Crippen MR) is 334 cm³/mol. The molecule has 374 valence electrons. The van der Waals surface area contributed by atoms with Crippen molar-refractivity contribution >= 4 is 79.0 Å². The molecule has 12 aromatic rings. The minimum atomic E-state index is -0.150. The zero-order valence-corrected chi connectivity index (χ0v) is 45.2. The molecule has 0 fully saturated rings. The second kappa shape index (κ2) is 18.3. The van der Waals surface area contributed by atoms with Gasteiger partial charge in [0.2, 0.25) is 0 Å². The molecule has 0 aliphatic carbocycles. The van der Waals surface area contributed by atoms with E-state index in [2.05, 4.69) is 311 Å². The van der Waals surface area contributed by atoms with Gasteiger partial charge in [-0.1, -0.05) is 248 Å². The number of aromatic nitrogens is 1. The van der Waals surface area contributed by atoms with Gasteiger partial charge in [0.05, 0.1) is 28.1 Å². The van der Waals surface area contributed by atoms with E-state index in [-0.39, 0.29) is 17.5 Å². The van der Waals surface area contributed by atoms with Crippen molar-refractivity contribution in [1.82, 2.24) is 4.57 Å². The van der Waals surface area contributed by atoms with Crippen molar-refractivity contribution in [3.63, 3.8) is 0 Å². The maximum atomic E-state index is 2.61. The van der Waals surface area contributed by atoms with Crippen LogP contribution in [0.1, 0.15) is 52.7 Å². The minimum absolute atomic E-state index is 0.00644. The summed E-state index contributed by atoms with van der Waals surface area (Å²) in [5.74, 6) is 0. The highest BCUT2D eigenvalue weighted by atomic mass is 15.2. The Balaban J connectivity index is 1.15. The van der Waals surface area contributed by atoms with Crippen molar-refractivity contribution < 1.29 is 0 Å². The lowest BCUT2D eigenvalue weighted by molar-refractivity contribution is 0.570. The van der Waals surface area contributed by atoms with Crippen LogP contribution in [-0.2, 0) is 10.8 Å². The molecule has 3 nitrogen and oxygen atoms in total. The van der Waals surface area contributed by atoms with Crippen molar-refractivity contribution in [1.29, 1.82) is 0 Å². The van der Waals surface area contributed by atoms with Gasteiger partial charge in [0, 0.05) is 44.6 Å². The summed E-state index contributed by atoms with van der Waals surface area (Å²) in [6.07, 6.45) is 0. The lowest BCUT2D eigenvalue weighted by Gasteiger charge is -2.45. The third-order valence-corrected chi connectivity index (χ3v) is 16.5. The molecule has 0 radical (unpaired) electrons. The number of anilines is 6. The van der Waals surface area contributed by atoms with Crippen molar-refractivity contribution in [2.24, 2.45) is 0 Å². The van der Waals surface area contributed by atoms with E-state index in [0.29, 0.717) is 0 Å². The topological polar surface area (TPSA) is 11.4 Å². The summed E-state index contributed by atoms with van der Waals surface area (Å²) in [7, 11) is 0. The first-order valence-electron chi connectivity index (χ1n) is 27.5. The zero-order valence-electron chi connectivity index (χ0n) is 45.2. The first kappa shape index (κ1) is 47.3. The maximum Gasteiger partial charge on any atom is 0.252 e. The quantitative estimate of drug-likeness (QED) is 0.147. The Hall–Kier alpha value is -9.12. The molecule has 2 aliphatic rings. The molecule has 0 N–H and O–H groups in total. The van der Waals surface area contributed by atoms with E-state index in [1.807, 2.05) is 0 Å². The molecule has 0 saturated carbocycles. The van der Waals surface area contributed by atoms with Crippen LogP contribution in [0.2, 0.25) is 0 Å². The van der Waals surface area contributed by atoms with Gasteiger partial charge in [0.1, 0.15) is 0 Å². The monoisotopic (exact) mass is 1000 g/mol. The van der Waals surface area contributed by atoms with Crippen LogP contribution in [-0.4, -0.2) is 11.3 Å². The van der Waals surface area contributed by atoms with Gasteiger partial charge < -0.3 is 14.4 Å². The Morgan fingerprint density at radius 1 is 0.308 bits per heavy atom. The number of hydrogen-bond donors (Lipinski definition) is 0. The first-order chi connectivity index (χ1) is 38.0. The van der Waals surface area contributed by atoms with E-state index in [4.69, 9.17) is 0 Å². The molecule has 11 aromatic carbocycles. The molecule has 0 atom stereocenters. The van der Waals surface area contributed by atoms with Crippen molar-refractivity contribution in [2.45, 2.75) is 52.4 Å². The molecule has 1 aromatic heterocycles. The number of fused-ring (bicyclic) bond motifs is 7. The molecule has 0 spiro atoms. The number of nitrogens with zero attached hydrogens (tertiary/aromatic N) is 3. The van der Waals surface area contributed by atoms with Crippen molar-refractivity contribution in [2.75, 3.05) is 9.80 Å². The van der Waals surface area contributed by atoms with E-state index in [1.165, 1.54) is 105 Å². The van der Waals surface area contributed by atoms with Gasteiger partial charge in [-0.2, -0.15) is 0 Å². The summed E-state index contributed by atoms with van der Waals surface area (Å²) in [5, 5.41) is 2.47. The first-order valence-corrected chi connectivity index (χ1v) is 27.5. The number of para-hydroxylation sites is 4. The SMILES string of the molecule is CC(C)(C)c1ccc(-c2ccc3c(c2)B2c4cc(-c5ccccc5)ccc4N(c4ccccc4-c4ccccc4)c4cc(-n5c6ccccc6c6ccccc65)cc(c42)N3c2ccccc2-c2ccccc2)c(C(C)(C)C)c1. The van der Waals surface area contributed by atoms with Gasteiger partial charge in [-0.15, -0.1) is 0 Å². The van der Waals surface area contributed by atoms with Crippen molar-refractivity contribution in [3.05, 3.63) is 266 Å². The van der Waals surface area contributed by atoms with Gasteiger partial charge >= 0.3 is 0 Å². The van der Waals surface area contributed by atoms with Gasteiger partial charge in [-0.3, -0.25) is 0 Å². The summed E-state index contributed by atoms with van der Waals surface area (Å²) in [5.41, 5.74) is 26.3. The largest absolute Gasteiger partial charge is 0.311 e. The number of benzene rings is 11. The van der Waals surface area contributed by atoms with Crippen molar-refractivity contribution in [3.8, 4) is 50.2 Å². The summed E-state index contributed by atoms with van der Waals surface area (Å²) >= 11 is 0. The molecule has 0 unspecified atom stereocenters. The highest BCUT2D eigenvalue weighted by Gasteiger charge is 2.45. The smallest absolute Gasteiger partial charge is 0.252 e. The highest BCUT2D eigenvalue weighted by Crippen LogP contribution is 2.50. The molecular formula is C74H60BN3. The number of rotatable bonds is 7. The van der Waals surface area contributed by atoms with E-state index < -0.39 is 0 Å². The molecule has 0 saturated heterocycles. The van der Waals surface area contributed by atoms with Crippen LogP contribution in [0.3, 0.4) is 0 Å². The van der Waals surface area contributed by atoms with Crippen LogP contribution in [0.25, 0.3) is 72.0 Å². The van der Waals surface area contributed by atoms with Crippen LogP contribution in [0, 0.1) is 0 Å². The Labute approximate surface area is 459 Å². The van der Waals surface area contributed by atoms with Crippen LogP contribution in [0.4, 0.5) is 34.1 Å². The van der Waals surface area contributed by atoms with Gasteiger partial charge in [-0.05, 0) is 120 Å². The van der Waals surface area contributed by atoms with E-state index >= 15 is 0 Å². The van der Waals surface area contributed by atoms with Crippen LogP contribution >= 0.6 is 0 Å². The van der Waals surface area contributed by atoms with Gasteiger partial charge in [0.25, 0.3) is 6.71 Å². The predicted octanol–water partition coefficient (Wildman–Crippen LogP) is 18.1. The standard InChI is InChI=1S/C74H60BN3/c1-73(2,3)54-40-41-56(61(46-54)74(4,5)6)53-39-43-69-63(45-53)75-62-44-52(49-24-10-7-11-25-49)38-42-68(62)77(64-34-20-16-30-57(64)50-26-12-8-13-27-50)70-47-55(76-66-36-22-18-32-59(66)60-33-19-23-37-67(60)76)48-71(72(70)75)78(69)65-35-21-17-31-58(65)51-28-14-9-15-29-51/h7-48H,1-6H3. The van der Waals surface area contributed by atoms with Crippen LogP contribution in [0.15, 0.2) is 255 Å². The maximum absolute atomic E-state index is 2.61. The average Bonchev–Trinajstić information content (AvgIpc) is 3.97. The summed E-state index contributed by atoms with van der Waals surface area (Å²) in [6.45, 7) is 13.9. The van der Waals surface area contributed by atoms with Gasteiger partial charge in [-0.25, -0.2) is 0 Å². The third kappa shape index (κ3) is 7.72. The molecule has 3 heterocycles. The molecule has 78 heavy (non-hydrogen) atoms. The Morgan fingerprint density at radius 2 is 0.756 bits per heavy atom. The number of hydrogen-bond acceptors (Lipinski definition) is 2. The summed E-state index contributed by atoms with van der Waals surface area (Å²) in [4.78, 5) is 5.20. The Morgan fingerprint density at radius 3 is 1.27 bits per heavy atom. The van der Waals surface area contributed by atoms with E-state index in [9.17, 15) is 0 Å². The van der Waals surface area contributed by atoms with E-state index in [1.54, 1.807) is 0 Å². The highest BCUT2D eigenvalue weighted by molar-refractivity contribution is 7.00. The zero-order chi connectivity index (χ0) is 52.9. The van der Waals surface area contributed by atoms with E-state index in [0.717, 1.165) is 28.4 Å². The molecule has 0 bridgehead atoms. The van der Waals surface area contributed by atoms with Crippen LogP contribution in [0.5, 0.6) is 0 Å². The summed E-state index contributed by atoms with van der Waals surface area (Å²) < 4.78 is 2.50. The summed E-state index contributed by atoms with van der Waals surface area (Å²) in [6, 6.07) is 95.4. The average molecular weight is 1000 g/mol. The van der Waals surface area contributed by atoms with Gasteiger partial charge in [0.15, 0.2) is 0 Å². The molecule has 4 heteroatoms. The fourth-order valence-electron chi connectivity index (χ4n) is 12.8. The third-order valence-electron chi connectivity index (χ3n) is 16.5. The molecule has 14 rings (SSSR count). The van der Waals surface area contributed by atoms with Crippen LogP contribution < -0.4 is 26.2 Å². The molecule has 0 amide bonds. The lowest BCUT2D eigenvalue weighted by atomic mass is 9.33. The molecule has 2 aliphatic heterocycles. The minimum Gasteiger partial charge on any atom is -0.311 e. The Kier molecular flexibility index (Phi) is 11.1. The normalized spacial score (nSPS) is 12.9. The fraction of sp³-hybridized carbons (Fsp3) is 0.108. The second-order valence-electron chi connectivity index (χ2n) is 23.3. The Bertz CT molecular complexity index is 4220. The molecular weight excluding hydrogens is 942 g/mol. The lowest BCUT2D eigenvalue weighted by Crippen LogP contribution is -2.61. The fourth-order valence-corrected chi connectivity index (χ4v) is 12.8. The second-order valence-corrected chi connectivity index (χ2v) is 23.3.